The molecule has 1 saturated carbocycles. The standard InChI is InChI=1S/C15H29NOS/c1-13-14(7-10-17-13)16(2)11-15(12-18)8-5-3-4-6-9-15/h13-14,18H,3-12H2,1-2H3. The number of rotatable bonds is 4. The normalized spacial score (nSPS) is 32.7. The van der Waals surface area contributed by atoms with Crippen LogP contribution in [0, 0.1) is 5.41 Å². The van der Waals surface area contributed by atoms with E-state index in [4.69, 9.17) is 4.74 Å². The van der Waals surface area contributed by atoms with Crippen LogP contribution in [-0.4, -0.2) is 43.0 Å². The molecule has 0 bridgehead atoms. The Kier molecular flexibility index (Phi) is 5.40. The van der Waals surface area contributed by atoms with Crippen molar-refractivity contribution in [1.82, 2.24) is 4.90 Å². The molecule has 2 unspecified atom stereocenters. The molecule has 2 rings (SSSR count). The van der Waals surface area contributed by atoms with Gasteiger partial charge in [0.2, 0.25) is 0 Å². The van der Waals surface area contributed by atoms with Crippen molar-refractivity contribution in [3.63, 3.8) is 0 Å². The van der Waals surface area contributed by atoms with Gasteiger partial charge in [-0.15, -0.1) is 0 Å². The second-order valence-electron chi connectivity index (χ2n) is 6.42. The minimum Gasteiger partial charge on any atom is -0.377 e. The highest BCUT2D eigenvalue weighted by Crippen LogP contribution is 2.37. The largest absolute Gasteiger partial charge is 0.377 e. The van der Waals surface area contributed by atoms with Gasteiger partial charge in [0.15, 0.2) is 0 Å². The second kappa shape index (κ2) is 6.62. The Balaban J connectivity index is 1.95. The molecule has 2 aliphatic rings. The summed E-state index contributed by atoms with van der Waals surface area (Å²) in [5.41, 5.74) is 0.455. The summed E-state index contributed by atoms with van der Waals surface area (Å²) in [6, 6.07) is 0.616. The first-order valence-electron chi connectivity index (χ1n) is 7.60. The van der Waals surface area contributed by atoms with Crippen molar-refractivity contribution in [3.8, 4) is 0 Å². The van der Waals surface area contributed by atoms with Gasteiger partial charge in [0.1, 0.15) is 0 Å². The van der Waals surface area contributed by atoms with Gasteiger partial charge in [-0.25, -0.2) is 0 Å². The van der Waals surface area contributed by atoms with E-state index in [2.05, 4.69) is 31.5 Å². The molecule has 0 spiro atoms. The number of nitrogens with zero attached hydrogens (tertiary/aromatic N) is 1. The zero-order valence-electron chi connectivity index (χ0n) is 12.0. The molecule has 0 aromatic carbocycles. The van der Waals surface area contributed by atoms with Crippen LogP contribution in [0.4, 0.5) is 0 Å². The van der Waals surface area contributed by atoms with Gasteiger partial charge in [-0.2, -0.15) is 12.6 Å². The van der Waals surface area contributed by atoms with E-state index in [-0.39, 0.29) is 0 Å². The number of thiol groups is 1. The average Bonchev–Trinajstić information content (AvgIpc) is 2.66. The zero-order valence-corrected chi connectivity index (χ0v) is 12.9. The molecule has 1 heterocycles. The van der Waals surface area contributed by atoms with E-state index in [9.17, 15) is 0 Å². The van der Waals surface area contributed by atoms with Crippen molar-refractivity contribution in [1.29, 1.82) is 0 Å². The third kappa shape index (κ3) is 3.43. The third-order valence-corrected chi connectivity index (χ3v) is 5.66. The molecular weight excluding hydrogens is 242 g/mol. The van der Waals surface area contributed by atoms with Crippen molar-refractivity contribution in [2.45, 2.75) is 64.0 Å². The van der Waals surface area contributed by atoms with Crippen molar-refractivity contribution in [3.05, 3.63) is 0 Å². The Bertz CT molecular complexity index is 251. The second-order valence-corrected chi connectivity index (χ2v) is 6.74. The van der Waals surface area contributed by atoms with E-state index in [0.717, 1.165) is 12.4 Å². The van der Waals surface area contributed by atoms with Crippen molar-refractivity contribution >= 4 is 12.6 Å². The first-order chi connectivity index (χ1) is 8.67. The molecule has 0 radical (unpaired) electrons. The Morgan fingerprint density at radius 3 is 2.39 bits per heavy atom. The van der Waals surface area contributed by atoms with Crippen LogP contribution in [0.1, 0.15) is 51.9 Å². The molecule has 3 heteroatoms. The molecule has 106 valence electrons. The van der Waals surface area contributed by atoms with Crippen molar-refractivity contribution in [2.24, 2.45) is 5.41 Å². The molecule has 18 heavy (non-hydrogen) atoms. The molecule has 2 atom stereocenters. The number of likely N-dealkylation sites (N-methyl/N-ethyl adjacent to an activating group) is 1. The Morgan fingerprint density at radius 2 is 1.89 bits per heavy atom. The molecule has 0 N–H and O–H groups in total. The van der Waals surface area contributed by atoms with Crippen molar-refractivity contribution < 1.29 is 4.74 Å². The summed E-state index contributed by atoms with van der Waals surface area (Å²) >= 11 is 4.68. The number of ether oxygens (including phenoxy) is 1. The Hall–Kier alpha value is 0.270. The SMILES string of the molecule is CC1OCCC1N(C)CC1(CS)CCCCCC1. The molecule has 0 amide bonds. The van der Waals surface area contributed by atoms with Crippen LogP contribution in [0.15, 0.2) is 0 Å². The number of hydrogen-bond donors (Lipinski definition) is 1. The smallest absolute Gasteiger partial charge is 0.0702 e. The maximum absolute atomic E-state index is 5.71. The van der Waals surface area contributed by atoms with E-state index in [0.29, 0.717) is 17.6 Å². The topological polar surface area (TPSA) is 12.5 Å². The predicted octanol–water partition coefficient (Wildman–Crippen LogP) is 3.37. The fraction of sp³-hybridized carbons (Fsp3) is 1.00. The van der Waals surface area contributed by atoms with Gasteiger partial charge in [-0.3, -0.25) is 0 Å². The number of hydrogen-bond acceptors (Lipinski definition) is 3. The summed E-state index contributed by atoms with van der Waals surface area (Å²) < 4.78 is 5.71. The lowest BCUT2D eigenvalue weighted by atomic mass is 9.81. The van der Waals surface area contributed by atoms with Gasteiger partial charge in [0.05, 0.1) is 6.10 Å². The van der Waals surface area contributed by atoms with E-state index in [1.54, 1.807) is 0 Å². The molecule has 1 aliphatic carbocycles. The van der Waals surface area contributed by atoms with E-state index < -0.39 is 0 Å². The van der Waals surface area contributed by atoms with Gasteiger partial charge in [0.25, 0.3) is 0 Å². The highest BCUT2D eigenvalue weighted by Gasteiger charge is 2.35. The maximum Gasteiger partial charge on any atom is 0.0702 e. The van der Waals surface area contributed by atoms with Crippen LogP contribution in [0.25, 0.3) is 0 Å². The summed E-state index contributed by atoms with van der Waals surface area (Å²) in [4.78, 5) is 2.55. The Labute approximate surface area is 118 Å². The van der Waals surface area contributed by atoms with Gasteiger partial charge in [-0.05, 0) is 44.4 Å². The van der Waals surface area contributed by atoms with Gasteiger partial charge in [0, 0.05) is 19.2 Å². The lowest BCUT2D eigenvalue weighted by Crippen LogP contribution is -2.44. The lowest BCUT2D eigenvalue weighted by Gasteiger charge is -2.38. The van der Waals surface area contributed by atoms with Gasteiger partial charge in [-0.1, -0.05) is 25.7 Å². The molecule has 1 aliphatic heterocycles. The molecule has 2 nitrogen and oxygen atoms in total. The summed E-state index contributed by atoms with van der Waals surface area (Å²) in [5.74, 6) is 1.04. The molecule has 0 aromatic heterocycles. The van der Waals surface area contributed by atoms with Crippen LogP contribution < -0.4 is 0 Å². The maximum atomic E-state index is 5.71. The summed E-state index contributed by atoms with van der Waals surface area (Å²) in [5, 5.41) is 0. The van der Waals surface area contributed by atoms with E-state index in [1.807, 2.05) is 0 Å². The summed E-state index contributed by atoms with van der Waals surface area (Å²) in [6.45, 7) is 4.35. The monoisotopic (exact) mass is 271 g/mol. The highest BCUT2D eigenvalue weighted by atomic mass is 32.1. The van der Waals surface area contributed by atoms with Crippen LogP contribution in [0.3, 0.4) is 0 Å². The quantitative estimate of drug-likeness (QED) is 0.622. The minimum atomic E-state index is 0.401. The van der Waals surface area contributed by atoms with E-state index >= 15 is 0 Å². The lowest BCUT2D eigenvalue weighted by molar-refractivity contribution is 0.0640. The average molecular weight is 271 g/mol. The molecule has 2 fully saturated rings. The summed E-state index contributed by atoms with van der Waals surface area (Å²) in [7, 11) is 2.28. The predicted molar refractivity (Wildman–Crippen MR) is 80.4 cm³/mol. The van der Waals surface area contributed by atoms with Gasteiger partial charge < -0.3 is 9.64 Å². The molecule has 0 aromatic rings. The zero-order chi connectivity index (χ0) is 13.0. The van der Waals surface area contributed by atoms with Crippen LogP contribution >= 0.6 is 12.6 Å². The summed E-state index contributed by atoms with van der Waals surface area (Å²) in [6.07, 6.45) is 9.95. The minimum absolute atomic E-state index is 0.401. The molecular formula is C15H29NOS. The van der Waals surface area contributed by atoms with Crippen LogP contribution in [-0.2, 0) is 4.74 Å². The van der Waals surface area contributed by atoms with Crippen LogP contribution in [0.2, 0.25) is 0 Å². The van der Waals surface area contributed by atoms with Gasteiger partial charge >= 0.3 is 0 Å². The van der Waals surface area contributed by atoms with Crippen LogP contribution in [0.5, 0.6) is 0 Å². The Morgan fingerprint density at radius 1 is 1.22 bits per heavy atom. The van der Waals surface area contributed by atoms with E-state index in [1.165, 1.54) is 51.5 Å². The fourth-order valence-electron chi connectivity index (χ4n) is 3.79. The third-order valence-electron chi connectivity index (χ3n) is 4.99. The fourth-order valence-corrected chi connectivity index (χ4v) is 4.21. The molecule has 1 saturated heterocycles. The first kappa shape index (κ1) is 14.7. The first-order valence-corrected chi connectivity index (χ1v) is 8.23. The highest BCUT2D eigenvalue weighted by molar-refractivity contribution is 7.80. The van der Waals surface area contributed by atoms with Crippen molar-refractivity contribution in [2.75, 3.05) is 26.0 Å².